The molecule has 0 aromatic carbocycles. The summed E-state index contributed by atoms with van der Waals surface area (Å²) >= 11 is 5.80. The highest BCUT2D eigenvalue weighted by atomic mass is 35.5. The van der Waals surface area contributed by atoms with Crippen molar-refractivity contribution in [3.8, 4) is 0 Å². The van der Waals surface area contributed by atoms with E-state index in [0.29, 0.717) is 10.8 Å². The maximum atomic E-state index is 11.6. The Bertz CT molecular complexity index is 458. The molecule has 2 amide bonds. The molecule has 0 fully saturated rings. The number of carbonyl (C=O) groups is 1. The van der Waals surface area contributed by atoms with Crippen LogP contribution in [0.5, 0.6) is 0 Å². The molecule has 1 atom stereocenters. The van der Waals surface area contributed by atoms with Gasteiger partial charge in [0.2, 0.25) is 0 Å². The number of aliphatic hydroxyl groups excluding tert-OH is 1. The van der Waals surface area contributed by atoms with Crippen LogP contribution in [-0.4, -0.2) is 28.8 Å². The van der Waals surface area contributed by atoms with Crippen molar-refractivity contribution in [3.05, 3.63) is 23.0 Å². The minimum absolute atomic E-state index is 0.190. The van der Waals surface area contributed by atoms with E-state index < -0.39 is 6.10 Å². The Balaban J connectivity index is 2.49. The van der Waals surface area contributed by atoms with E-state index in [9.17, 15) is 9.90 Å². The van der Waals surface area contributed by atoms with Crippen LogP contribution in [0.25, 0.3) is 0 Å². The molecule has 1 heterocycles. The van der Waals surface area contributed by atoms with Crippen molar-refractivity contribution in [1.82, 2.24) is 10.3 Å². The SMILES string of the molecule is Cc1cc(NC(=O)NCC(O)C(C)(C)C)cnc1Cl. The zero-order valence-corrected chi connectivity index (χ0v) is 12.4. The fraction of sp³-hybridized carbons (Fsp3) is 0.538. The van der Waals surface area contributed by atoms with Gasteiger partial charge in [-0.2, -0.15) is 0 Å². The fourth-order valence-electron chi connectivity index (χ4n) is 1.30. The van der Waals surface area contributed by atoms with Gasteiger partial charge in [-0.25, -0.2) is 9.78 Å². The highest BCUT2D eigenvalue weighted by Gasteiger charge is 2.22. The molecule has 1 aromatic heterocycles. The lowest BCUT2D eigenvalue weighted by Gasteiger charge is -2.25. The number of aliphatic hydroxyl groups is 1. The van der Waals surface area contributed by atoms with Crippen molar-refractivity contribution < 1.29 is 9.90 Å². The van der Waals surface area contributed by atoms with Gasteiger partial charge in [0.25, 0.3) is 0 Å². The van der Waals surface area contributed by atoms with Gasteiger partial charge in [-0.1, -0.05) is 32.4 Å². The summed E-state index contributed by atoms with van der Waals surface area (Å²) in [4.78, 5) is 15.6. The van der Waals surface area contributed by atoms with Crippen molar-refractivity contribution in [2.24, 2.45) is 5.41 Å². The number of nitrogens with one attached hydrogen (secondary N) is 2. The van der Waals surface area contributed by atoms with E-state index in [-0.39, 0.29) is 18.0 Å². The maximum Gasteiger partial charge on any atom is 0.319 e. The monoisotopic (exact) mass is 285 g/mol. The van der Waals surface area contributed by atoms with Crippen LogP contribution in [0, 0.1) is 12.3 Å². The van der Waals surface area contributed by atoms with Crippen molar-refractivity contribution in [2.75, 3.05) is 11.9 Å². The predicted molar refractivity (Wildman–Crippen MR) is 76.5 cm³/mol. The van der Waals surface area contributed by atoms with Gasteiger partial charge in [0.1, 0.15) is 5.15 Å². The van der Waals surface area contributed by atoms with Crippen LogP contribution in [0.4, 0.5) is 10.5 Å². The lowest BCUT2D eigenvalue weighted by molar-refractivity contribution is 0.0654. The third-order valence-electron chi connectivity index (χ3n) is 2.73. The molecule has 0 aliphatic rings. The highest BCUT2D eigenvalue weighted by molar-refractivity contribution is 6.30. The van der Waals surface area contributed by atoms with Gasteiger partial charge < -0.3 is 15.7 Å². The minimum Gasteiger partial charge on any atom is -0.391 e. The first-order valence-corrected chi connectivity index (χ1v) is 6.43. The Morgan fingerprint density at radius 1 is 1.53 bits per heavy atom. The van der Waals surface area contributed by atoms with Crippen LogP contribution < -0.4 is 10.6 Å². The Labute approximate surface area is 118 Å². The molecule has 19 heavy (non-hydrogen) atoms. The van der Waals surface area contributed by atoms with Crippen molar-refractivity contribution in [3.63, 3.8) is 0 Å². The largest absolute Gasteiger partial charge is 0.391 e. The molecule has 0 saturated carbocycles. The number of nitrogens with zero attached hydrogens (tertiary/aromatic N) is 1. The van der Waals surface area contributed by atoms with Gasteiger partial charge in [0.05, 0.1) is 18.0 Å². The smallest absolute Gasteiger partial charge is 0.319 e. The van der Waals surface area contributed by atoms with E-state index in [1.54, 1.807) is 6.07 Å². The Kier molecular flexibility index (Phi) is 5.14. The lowest BCUT2D eigenvalue weighted by atomic mass is 9.89. The zero-order chi connectivity index (χ0) is 14.6. The number of carbonyl (C=O) groups excluding carboxylic acids is 1. The number of urea groups is 1. The van der Waals surface area contributed by atoms with E-state index in [1.165, 1.54) is 6.20 Å². The molecular weight excluding hydrogens is 266 g/mol. The minimum atomic E-state index is -0.608. The van der Waals surface area contributed by atoms with Crippen LogP contribution in [-0.2, 0) is 0 Å². The van der Waals surface area contributed by atoms with E-state index >= 15 is 0 Å². The molecule has 0 aliphatic carbocycles. The average molecular weight is 286 g/mol. The van der Waals surface area contributed by atoms with E-state index in [0.717, 1.165) is 5.56 Å². The summed E-state index contributed by atoms with van der Waals surface area (Å²) in [5.74, 6) is 0. The molecule has 1 aromatic rings. The Morgan fingerprint density at radius 2 is 2.16 bits per heavy atom. The van der Waals surface area contributed by atoms with Gasteiger partial charge >= 0.3 is 6.03 Å². The van der Waals surface area contributed by atoms with E-state index in [1.807, 2.05) is 27.7 Å². The summed E-state index contributed by atoms with van der Waals surface area (Å²) in [5, 5.41) is 15.5. The number of aryl methyl sites for hydroxylation is 1. The highest BCUT2D eigenvalue weighted by Crippen LogP contribution is 2.18. The third kappa shape index (κ3) is 5.04. The van der Waals surface area contributed by atoms with Crippen molar-refractivity contribution in [1.29, 1.82) is 0 Å². The van der Waals surface area contributed by atoms with Crippen molar-refractivity contribution in [2.45, 2.75) is 33.8 Å². The van der Waals surface area contributed by atoms with E-state index in [2.05, 4.69) is 15.6 Å². The molecule has 0 spiro atoms. The number of pyridine rings is 1. The normalized spacial score (nSPS) is 12.9. The molecule has 106 valence electrons. The van der Waals surface area contributed by atoms with Crippen LogP contribution in [0.2, 0.25) is 5.15 Å². The second-order valence-electron chi connectivity index (χ2n) is 5.55. The first kappa shape index (κ1) is 15.7. The molecule has 1 unspecified atom stereocenters. The van der Waals surface area contributed by atoms with Crippen molar-refractivity contribution >= 4 is 23.3 Å². The number of hydrogen-bond donors (Lipinski definition) is 3. The zero-order valence-electron chi connectivity index (χ0n) is 11.6. The van der Waals surface area contributed by atoms with Crippen LogP contribution in [0.3, 0.4) is 0 Å². The average Bonchev–Trinajstić information content (AvgIpc) is 2.29. The molecule has 0 aliphatic heterocycles. The molecule has 3 N–H and O–H groups in total. The number of hydrogen-bond acceptors (Lipinski definition) is 3. The number of amides is 2. The Morgan fingerprint density at radius 3 is 2.68 bits per heavy atom. The molecule has 6 heteroatoms. The summed E-state index contributed by atoms with van der Waals surface area (Å²) in [6, 6.07) is 1.35. The number of halogens is 1. The van der Waals surface area contributed by atoms with Crippen LogP contribution >= 0.6 is 11.6 Å². The molecule has 0 bridgehead atoms. The second kappa shape index (κ2) is 6.21. The second-order valence-corrected chi connectivity index (χ2v) is 5.91. The van der Waals surface area contributed by atoms with Gasteiger partial charge in [0.15, 0.2) is 0 Å². The third-order valence-corrected chi connectivity index (χ3v) is 3.12. The summed E-state index contributed by atoms with van der Waals surface area (Å²) in [6.45, 7) is 7.72. The summed E-state index contributed by atoms with van der Waals surface area (Å²) in [7, 11) is 0. The summed E-state index contributed by atoms with van der Waals surface area (Å²) < 4.78 is 0. The fourth-order valence-corrected chi connectivity index (χ4v) is 1.40. The van der Waals surface area contributed by atoms with Gasteiger partial charge in [-0.15, -0.1) is 0 Å². The molecule has 0 radical (unpaired) electrons. The molecule has 5 nitrogen and oxygen atoms in total. The maximum absolute atomic E-state index is 11.6. The topological polar surface area (TPSA) is 74.2 Å². The first-order valence-electron chi connectivity index (χ1n) is 6.05. The summed E-state index contributed by atoms with van der Waals surface area (Å²) in [6.07, 6.45) is 0.873. The number of aromatic nitrogens is 1. The first-order chi connectivity index (χ1) is 8.70. The molecule has 0 saturated heterocycles. The van der Waals surface area contributed by atoms with Crippen LogP contribution in [0.1, 0.15) is 26.3 Å². The Hall–Kier alpha value is -1.33. The van der Waals surface area contributed by atoms with Crippen LogP contribution in [0.15, 0.2) is 12.3 Å². The van der Waals surface area contributed by atoms with Gasteiger partial charge in [0, 0.05) is 6.54 Å². The summed E-state index contributed by atoms with van der Waals surface area (Å²) in [5.41, 5.74) is 1.07. The number of anilines is 1. The number of rotatable bonds is 3. The molecular formula is C13H20ClN3O2. The standard InChI is InChI=1S/C13H20ClN3O2/c1-8-5-9(6-15-11(8)14)17-12(19)16-7-10(18)13(2,3)4/h5-6,10,18H,7H2,1-4H3,(H2,16,17,19). The quantitative estimate of drug-likeness (QED) is 0.747. The lowest BCUT2D eigenvalue weighted by Crippen LogP contribution is -2.40. The predicted octanol–water partition coefficient (Wildman–Crippen LogP) is 2.57. The molecule has 1 rings (SSSR count). The van der Waals surface area contributed by atoms with E-state index in [4.69, 9.17) is 11.6 Å². The van der Waals surface area contributed by atoms with Gasteiger partial charge in [-0.3, -0.25) is 0 Å². The van der Waals surface area contributed by atoms with Gasteiger partial charge in [-0.05, 0) is 24.0 Å².